The quantitative estimate of drug-likeness (QED) is 0.0230. The van der Waals surface area contributed by atoms with Crippen LogP contribution in [0.3, 0.4) is 0 Å². The Morgan fingerprint density at radius 3 is 1.82 bits per heavy atom. The number of sulfonamides is 2. The lowest BCUT2D eigenvalue weighted by Crippen LogP contribution is -2.45. The van der Waals surface area contributed by atoms with Crippen molar-refractivity contribution in [1.82, 2.24) is 29.2 Å². The Balaban J connectivity index is 0.000000253. The van der Waals surface area contributed by atoms with E-state index < -0.39 is 89.9 Å². The molecule has 8 rings (SSSR count). The minimum atomic E-state index is -4.92. The minimum absolute atomic E-state index is 0.0314. The number of hydrogen-bond acceptors (Lipinski definition) is 13. The SMILES string of the molecule is COCN(c1cc(Cl)c(C)nc1C(=O)c1ccnc2c1ccn2[Si](C)(C)C(C)(C)C)S(=O)(=O)c1ccc(Cl)c(C(F)(F)F)c1.Cc1nc(C(=O)c2ccnc3[nH]ccc23)c(NS(=O)(=O)c2ccc(Cl)c(C(F)(F)F)c2)cc1Cl.N=NN=NCl. The van der Waals surface area contributed by atoms with E-state index >= 15 is 0 Å². The van der Waals surface area contributed by atoms with E-state index in [1.165, 1.54) is 50.7 Å². The zero-order valence-electron chi connectivity index (χ0n) is 44.3. The normalized spacial score (nSPS) is 12.4. The van der Waals surface area contributed by atoms with Crippen LogP contribution in [-0.4, -0.2) is 79.6 Å². The highest BCUT2D eigenvalue weighted by atomic mass is 35.5. The lowest BCUT2D eigenvalue weighted by Gasteiger charge is -2.38. The van der Waals surface area contributed by atoms with Gasteiger partial charge in [0.15, 0.2) is 8.24 Å². The van der Waals surface area contributed by atoms with Crippen LogP contribution in [0.4, 0.5) is 37.7 Å². The zero-order chi connectivity index (χ0) is 61.9. The van der Waals surface area contributed by atoms with Crippen molar-refractivity contribution in [3.05, 3.63) is 163 Å². The summed E-state index contributed by atoms with van der Waals surface area (Å²) < 4.78 is 147. The van der Waals surface area contributed by atoms with Crippen molar-refractivity contribution < 1.29 is 57.5 Å². The molecule has 83 heavy (non-hydrogen) atoms. The summed E-state index contributed by atoms with van der Waals surface area (Å²) in [6, 6.07) is 13.1. The van der Waals surface area contributed by atoms with Gasteiger partial charge in [-0.15, -0.1) is 0 Å². The van der Waals surface area contributed by atoms with Gasteiger partial charge in [0.1, 0.15) is 29.4 Å². The first-order valence-corrected chi connectivity index (χ1v) is 31.2. The highest BCUT2D eigenvalue weighted by molar-refractivity contribution is 7.93. The van der Waals surface area contributed by atoms with Gasteiger partial charge >= 0.3 is 12.4 Å². The molecule has 0 saturated carbocycles. The number of alkyl halides is 6. The van der Waals surface area contributed by atoms with Gasteiger partial charge in [-0.3, -0.25) is 14.3 Å². The number of halogens is 11. The molecule has 0 aliphatic heterocycles. The van der Waals surface area contributed by atoms with E-state index in [0.29, 0.717) is 38.5 Å². The molecule has 0 radical (unpaired) electrons. The van der Waals surface area contributed by atoms with E-state index in [2.05, 4.69) is 94.6 Å². The second-order valence-electron chi connectivity index (χ2n) is 19.1. The molecule has 19 nitrogen and oxygen atoms in total. The number of hydrogen-bond donors (Lipinski definition) is 3. The Labute approximate surface area is 496 Å². The smallest absolute Gasteiger partial charge is 0.363 e. The van der Waals surface area contributed by atoms with E-state index in [0.717, 1.165) is 24.3 Å². The Morgan fingerprint density at radius 1 is 0.747 bits per heavy atom. The molecule has 0 bridgehead atoms. The van der Waals surface area contributed by atoms with Crippen LogP contribution >= 0.6 is 58.2 Å². The number of methoxy groups -OCH3 is 1. The summed E-state index contributed by atoms with van der Waals surface area (Å²) in [6.45, 7) is 13.2. The van der Waals surface area contributed by atoms with Crippen molar-refractivity contribution in [2.75, 3.05) is 22.9 Å². The van der Waals surface area contributed by atoms with E-state index in [1.807, 2.05) is 6.20 Å². The molecule has 0 amide bonds. The molecular formula is C50H45Cl5F6N12O7S2Si. The summed E-state index contributed by atoms with van der Waals surface area (Å²) in [4.78, 5) is 46.2. The number of nitrogens with zero attached hydrogens (tertiary/aromatic N) is 9. The summed E-state index contributed by atoms with van der Waals surface area (Å²) in [5.41, 5.74) is 3.99. The molecule has 0 saturated heterocycles. The van der Waals surface area contributed by atoms with Gasteiger partial charge < -0.3 is 14.0 Å². The van der Waals surface area contributed by atoms with Crippen molar-refractivity contribution in [2.45, 2.75) is 74.9 Å². The maximum absolute atomic E-state index is 14.2. The number of rotatable bonds is 14. The minimum Gasteiger partial charge on any atom is -0.363 e. The van der Waals surface area contributed by atoms with Crippen molar-refractivity contribution in [3.63, 3.8) is 0 Å². The van der Waals surface area contributed by atoms with Gasteiger partial charge in [-0.05, 0) is 108 Å². The van der Waals surface area contributed by atoms with Gasteiger partial charge in [0.05, 0.1) is 75.5 Å². The average Bonchev–Trinajstić information content (AvgIpc) is 4.03. The monoisotopic (exact) mass is 1310 g/mol. The Morgan fingerprint density at radius 2 is 1.28 bits per heavy atom. The van der Waals surface area contributed by atoms with Crippen molar-refractivity contribution in [1.29, 1.82) is 5.53 Å². The zero-order valence-corrected chi connectivity index (χ0v) is 50.7. The molecule has 33 heteroatoms. The number of fused-ring (bicyclic) bond motifs is 2. The van der Waals surface area contributed by atoms with Gasteiger partial charge in [-0.2, -0.15) is 31.9 Å². The number of ether oxygens (including phenoxy) is 1. The largest absolute Gasteiger partial charge is 0.417 e. The summed E-state index contributed by atoms with van der Waals surface area (Å²) in [7, 11) is -10.3. The molecule has 6 heterocycles. The van der Waals surface area contributed by atoms with Gasteiger partial charge in [0.2, 0.25) is 11.6 Å². The van der Waals surface area contributed by atoms with Crippen LogP contribution in [0.2, 0.25) is 38.2 Å². The molecule has 0 unspecified atom stereocenters. The predicted octanol–water partition coefficient (Wildman–Crippen LogP) is 15.1. The molecule has 0 spiro atoms. The number of benzene rings is 2. The Kier molecular flexibility index (Phi) is 20.0. The number of H-pyrrole nitrogens is 1. The molecule has 2 aromatic carbocycles. The van der Waals surface area contributed by atoms with Crippen molar-refractivity contribution in [3.8, 4) is 0 Å². The van der Waals surface area contributed by atoms with E-state index in [-0.39, 0.29) is 60.4 Å². The second kappa shape index (κ2) is 25.3. The predicted molar refractivity (Wildman–Crippen MR) is 304 cm³/mol. The van der Waals surface area contributed by atoms with Crippen LogP contribution in [0.5, 0.6) is 0 Å². The fourth-order valence-electron chi connectivity index (χ4n) is 7.73. The van der Waals surface area contributed by atoms with E-state index in [1.54, 1.807) is 25.3 Å². The lowest BCUT2D eigenvalue weighted by atomic mass is 10.0. The first kappa shape index (κ1) is 65.5. The number of carbonyl (C=O) groups excluding carboxylic acids is 2. The summed E-state index contributed by atoms with van der Waals surface area (Å²) in [5, 5.41) is 4.80. The number of aromatic nitrogens is 6. The lowest BCUT2D eigenvalue weighted by molar-refractivity contribution is -0.138. The highest BCUT2D eigenvalue weighted by Gasteiger charge is 2.40. The highest BCUT2D eigenvalue weighted by Crippen LogP contribution is 2.42. The molecule has 440 valence electrons. The molecule has 0 fully saturated rings. The van der Waals surface area contributed by atoms with Crippen LogP contribution in [0.1, 0.15) is 75.4 Å². The summed E-state index contributed by atoms with van der Waals surface area (Å²) in [5.74, 6) is -1.28. The molecular weight excluding hydrogens is 1260 g/mol. The number of aryl methyl sites for hydroxylation is 2. The maximum atomic E-state index is 14.2. The standard InChI is InChI=1S/C29H31Cl2F3N4O4SSi.C21H13Cl2F3N4O3S.ClHN4/c1-17-23(31)15-24(37(16-42-5)43(40,41)18-8-9-22(30)21(14-18)29(32,33)34)25(36-17)26(39)19-10-12-35-27-20(19)11-13-38(27)44(6,7)28(2,3)4;1-10-16(23)9-17(18(29-10)19(31)12-4-6-27-20-13(12)5-7-28-20)30-34(32,33)11-2-3-15(22)14(8-11)21(24,25)26;1-3-5-4-2/h8-15H,16H2,1-7H3;2-9,30H,1H3,(H,27,28);2H. The van der Waals surface area contributed by atoms with E-state index in [4.69, 9.17) is 56.7 Å². The number of ketones is 2. The summed E-state index contributed by atoms with van der Waals surface area (Å²) >= 11 is 28.3. The van der Waals surface area contributed by atoms with Crippen LogP contribution in [0.15, 0.2) is 122 Å². The van der Waals surface area contributed by atoms with Crippen LogP contribution in [0.25, 0.3) is 22.1 Å². The average molecular weight is 1310 g/mol. The Hall–Kier alpha value is -6.63. The maximum Gasteiger partial charge on any atom is 0.417 e. The van der Waals surface area contributed by atoms with Gasteiger partial charge in [0.25, 0.3) is 20.0 Å². The molecule has 8 aromatic rings. The Bertz CT molecular complexity index is 4090. The molecule has 0 atom stereocenters. The number of nitrogens with one attached hydrogen (secondary N) is 3. The molecule has 6 aromatic heterocycles. The number of anilines is 2. The van der Waals surface area contributed by atoms with Crippen LogP contribution < -0.4 is 9.03 Å². The van der Waals surface area contributed by atoms with Crippen molar-refractivity contribution >= 4 is 131 Å². The summed E-state index contributed by atoms with van der Waals surface area (Å²) in [6.07, 6.45) is -3.42. The molecule has 3 N–H and O–H groups in total. The number of pyridine rings is 4. The fraction of sp³-hybridized carbons (Fsp3) is 0.240. The van der Waals surface area contributed by atoms with Gasteiger partial charge in [0, 0.05) is 47.6 Å². The third-order valence-electron chi connectivity index (χ3n) is 12.9. The topological polar surface area (TPSA) is 260 Å². The van der Waals surface area contributed by atoms with E-state index in [9.17, 15) is 52.8 Å². The number of aromatic amines is 1. The second-order valence-corrected chi connectivity index (χ2v) is 29.6. The van der Waals surface area contributed by atoms with Gasteiger partial charge in [-0.25, -0.2) is 41.1 Å². The molecule has 0 aliphatic carbocycles. The van der Waals surface area contributed by atoms with Crippen molar-refractivity contribution in [2.24, 2.45) is 15.1 Å². The first-order valence-electron chi connectivity index (χ1n) is 23.5. The van der Waals surface area contributed by atoms with Crippen LogP contribution in [-0.2, 0) is 37.1 Å². The number of carbonyl (C=O) groups is 2. The first-order chi connectivity index (χ1) is 38.5. The fourth-order valence-corrected chi connectivity index (χ4v) is 12.9. The van der Waals surface area contributed by atoms with Gasteiger partial charge in [-0.1, -0.05) is 84.9 Å². The third kappa shape index (κ3) is 14.1. The van der Waals surface area contributed by atoms with Crippen LogP contribution in [0, 0.1) is 19.4 Å². The third-order valence-corrected chi connectivity index (χ3v) is 22.7. The molecule has 0 aliphatic rings.